The molecule has 1 aromatic carbocycles. The smallest absolute Gasteiger partial charge is 0.151 e. The van der Waals surface area contributed by atoms with E-state index < -0.39 is 5.92 Å². The van der Waals surface area contributed by atoms with Gasteiger partial charge in [0.2, 0.25) is 0 Å². The Morgan fingerprint density at radius 2 is 1.67 bits per heavy atom. The van der Waals surface area contributed by atoms with Gasteiger partial charge < -0.3 is 5.11 Å². The van der Waals surface area contributed by atoms with Crippen LogP contribution in [0.4, 0.5) is 0 Å². The van der Waals surface area contributed by atoms with Crippen molar-refractivity contribution < 1.29 is 19.5 Å². The van der Waals surface area contributed by atoms with Crippen LogP contribution in [0.1, 0.15) is 24.8 Å². The maximum atomic E-state index is 11.8. The molecular weight excluding hydrogens is 232 g/mol. The summed E-state index contributed by atoms with van der Waals surface area (Å²) in [5.41, 5.74) is 0.902. The number of rotatable bonds is 4. The van der Waals surface area contributed by atoms with Crippen LogP contribution in [0.25, 0.3) is 0 Å². The Hall–Kier alpha value is -1.97. The van der Waals surface area contributed by atoms with E-state index in [2.05, 4.69) is 0 Å². The van der Waals surface area contributed by atoms with Gasteiger partial charge in [0.15, 0.2) is 17.3 Å². The fourth-order valence-electron chi connectivity index (χ4n) is 2.15. The minimum absolute atomic E-state index is 0.172. The molecule has 0 unspecified atom stereocenters. The van der Waals surface area contributed by atoms with Crippen molar-refractivity contribution in [3.8, 4) is 5.75 Å². The Labute approximate surface area is 105 Å². The van der Waals surface area contributed by atoms with E-state index in [1.807, 2.05) is 0 Å². The van der Waals surface area contributed by atoms with Gasteiger partial charge in [0.05, 0.1) is 0 Å². The molecule has 0 aromatic heterocycles. The highest BCUT2D eigenvalue weighted by Crippen LogP contribution is 2.21. The number of ketones is 3. The molecule has 2 rings (SSSR count). The average molecular weight is 246 g/mol. The number of aryl methyl sites for hydroxylation is 1. The van der Waals surface area contributed by atoms with Crippen molar-refractivity contribution in [1.29, 1.82) is 0 Å². The van der Waals surface area contributed by atoms with Crippen molar-refractivity contribution in [2.75, 3.05) is 0 Å². The molecule has 0 spiro atoms. The quantitative estimate of drug-likeness (QED) is 0.816. The highest BCUT2D eigenvalue weighted by Gasteiger charge is 2.37. The minimum Gasteiger partial charge on any atom is -0.508 e. The summed E-state index contributed by atoms with van der Waals surface area (Å²) in [7, 11) is 0. The first-order valence-corrected chi connectivity index (χ1v) is 5.94. The number of hydrogen-bond donors (Lipinski definition) is 1. The Morgan fingerprint density at radius 1 is 1.11 bits per heavy atom. The monoisotopic (exact) mass is 246 g/mol. The number of aromatic hydroxyl groups is 1. The Bertz CT molecular complexity index is 471. The van der Waals surface area contributed by atoms with E-state index >= 15 is 0 Å². The lowest BCUT2D eigenvalue weighted by molar-refractivity contribution is -0.136. The lowest BCUT2D eigenvalue weighted by atomic mass is 9.95. The van der Waals surface area contributed by atoms with Crippen LogP contribution in [0.15, 0.2) is 24.3 Å². The van der Waals surface area contributed by atoms with Crippen molar-refractivity contribution in [3.63, 3.8) is 0 Å². The van der Waals surface area contributed by atoms with Gasteiger partial charge in [-0.2, -0.15) is 0 Å². The molecule has 1 aliphatic rings. The first kappa shape index (κ1) is 12.5. The number of Topliss-reactive ketones (excluding diaryl/α,β-unsaturated/α-hetero) is 3. The van der Waals surface area contributed by atoms with E-state index in [1.165, 1.54) is 0 Å². The molecule has 1 N–H and O–H groups in total. The van der Waals surface area contributed by atoms with Crippen molar-refractivity contribution in [2.45, 2.75) is 25.7 Å². The topological polar surface area (TPSA) is 71.4 Å². The number of hydrogen-bond acceptors (Lipinski definition) is 4. The summed E-state index contributed by atoms with van der Waals surface area (Å²) in [4.78, 5) is 34.6. The molecule has 0 amide bonds. The first-order valence-electron chi connectivity index (χ1n) is 5.94. The van der Waals surface area contributed by atoms with Crippen LogP contribution in [0.5, 0.6) is 5.75 Å². The summed E-state index contributed by atoms with van der Waals surface area (Å²) in [5.74, 6) is -1.60. The fourth-order valence-corrected chi connectivity index (χ4v) is 2.15. The number of carbonyl (C=O) groups excluding carboxylic acids is 3. The lowest BCUT2D eigenvalue weighted by Gasteiger charge is -2.06. The summed E-state index contributed by atoms with van der Waals surface area (Å²) >= 11 is 0. The van der Waals surface area contributed by atoms with Crippen LogP contribution in [0, 0.1) is 5.92 Å². The van der Waals surface area contributed by atoms with Crippen molar-refractivity contribution >= 4 is 17.3 Å². The molecule has 0 heterocycles. The minimum atomic E-state index is -1.01. The highest BCUT2D eigenvalue weighted by atomic mass is 16.3. The van der Waals surface area contributed by atoms with Crippen LogP contribution in [-0.2, 0) is 20.8 Å². The molecule has 4 nitrogen and oxygen atoms in total. The average Bonchev–Trinajstić information content (AvgIpc) is 2.68. The predicted octanol–water partition coefficient (Wildman–Crippen LogP) is 1.44. The zero-order valence-electron chi connectivity index (χ0n) is 9.89. The van der Waals surface area contributed by atoms with Gasteiger partial charge in [0.25, 0.3) is 0 Å². The summed E-state index contributed by atoms with van der Waals surface area (Å²) in [5, 5.41) is 9.12. The Kier molecular flexibility index (Phi) is 3.55. The van der Waals surface area contributed by atoms with E-state index in [0.717, 1.165) is 5.56 Å². The van der Waals surface area contributed by atoms with E-state index in [9.17, 15) is 14.4 Å². The van der Waals surface area contributed by atoms with Gasteiger partial charge in [-0.1, -0.05) is 12.1 Å². The Morgan fingerprint density at radius 3 is 2.22 bits per heavy atom. The Balaban J connectivity index is 1.94. The standard InChI is InChI=1S/C14H14O4/c15-10-4-1-9(2-5-10)3-6-11(16)14-12(17)7-8-13(14)18/h1-2,4-5,14-15H,3,6-8H2. The van der Waals surface area contributed by atoms with E-state index in [1.54, 1.807) is 24.3 Å². The zero-order chi connectivity index (χ0) is 13.1. The zero-order valence-corrected chi connectivity index (χ0v) is 9.89. The third-order valence-electron chi connectivity index (χ3n) is 3.18. The second kappa shape index (κ2) is 5.12. The maximum Gasteiger partial charge on any atom is 0.151 e. The van der Waals surface area contributed by atoms with Crippen molar-refractivity contribution in [1.82, 2.24) is 0 Å². The van der Waals surface area contributed by atoms with Crippen LogP contribution in [-0.4, -0.2) is 22.5 Å². The van der Waals surface area contributed by atoms with E-state index in [-0.39, 0.29) is 42.4 Å². The van der Waals surface area contributed by atoms with Gasteiger partial charge in [0, 0.05) is 19.3 Å². The summed E-state index contributed by atoms with van der Waals surface area (Å²) in [6, 6.07) is 6.54. The molecule has 1 saturated carbocycles. The molecular formula is C14H14O4. The molecule has 18 heavy (non-hydrogen) atoms. The van der Waals surface area contributed by atoms with Gasteiger partial charge in [-0.3, -0.25) is 14.4 Å². The number of benzene rings is 1. The third kappa shape index (κ3) is 2.64. The molecule has 0 atom stereocenters. The summed E-state index contributed by atoms with van der Waals surface area (Å²) < 4.78 is 0. The van der Waals surface area contributed by atoms with Crippen LogP contribution >= 0.6 is 0 Å². The molecule has 1 fully saturated rings. The SMILES string of the molecule is O=C1CCC(=O)C1C(=O)CCc1ccc(O)cc1. The number of phenolic OH excluding ortho intramolecular Hbond substituents is 1. The lowest BCUT2D eigenvalue weighted by Crippen LogP contribution is -2.25. The number of carbonyl (C=O) groups is 3. The second-order valence-corrected chi connectivity index (χ2v) is 4.50. The largest absolute Gasteiger partial charge is 0.508 e. The summed E-state index contributed by atoms with van der Waals surface area (Å²) in [6.45, 7) is 0. The fraction of sp³-hybridized carbons (Fsp3) is 0.357. The van der Waals surface area contributed by atoms with Crippen molar-refractivity contribution in [2.24, 2.45) is 5.92 Å². The molecule has 1 aromatic rings. The van der Waals surface area contributed by atoms with Crippen LogP contribution in [0.3, 0.4) is 0 Å². The summed E-state index contributed by atoms with van der Waals surface area (Å²) in [6.07, 6.45) is 1.08. The van der Waals surface area contributed by atoms with Gasteiger partial charge in [0.1, 0.15) is 11.7 Å². The maximum absolute atomic E-state index is 11.8. The van der Waals surface area contributed by atoms with Gasteiger partial charge in [-0.25, -0.2) is 0 Å². The van der Waals surface area contributed by atoms with Gasteiger partial charge in [-0.15, -0.1) is 0 Å². The van der Waals surface area contributed by atoms with E-state index in [0.29, 0.717) is 6.42 Å². The first-order chi connectivity index (χ1) is 8.58. The molecule has 1 aliphatic carbocycles. The predicted molar refractivity (Wildman–Crippen MR) is 64.2 cm³/mol. The van der Waals surface area contributed by atoms with Gasteiger partial charge >= 0.3 is 0 Å². The highest BCUT2D eigenvalue weighted by molar-refractivity contribution is 6.23. The molecule has 0 radical (unpaired) electrons. The molecule has 0 saturated heterocycles. The molecule has 94 valence electrons. The number of phenols is 1. The van der Waals surface area contributed by atoms with Crippen LogP contribution < -0.4 is 0 Å². The second-order valence-electron chi connectivity index (χ2n) is 4.50. The third-order valence-corrected chi connectivity index (χ3v) is 3.18. The van der Waals surface area contributed by atoms with E-state index in [4.69, 9.17) is 5.11 Å². The van der Waals surface area contributed by atoms with Crippen molar-refractivity contribution in [3.05, 3.63) is 29.8 Å². The normalized spacial score (nSPS) is 16.2. The molecule has 4 heteroatoms. The van der Waals surface area contributed by atoms with Crippen LogP contribution in [0.2, 0.25) is 0 Å². The molecule has 0 bridgehead atoms. The molecule has 0 aliphatic heterocycles. The van der Waals surface area contributed by atoms with Gasteiger partial charge in [-0.05, 0) is 24.1 Å².